The lowest BCUT2D eigenvalue weighted by Gasteiger charge is -2.40. The summed E-state index contributed by atoms with van der Waals surface area (Å²) in [4.78, 5) is 3.40. The van der Waals surface area contributed by atoms with E-state index in [4.69, 9.17) is 16.3 Å². The minimum atomic E-state index is -1.13. The molecule has 0 aromatic carbocycles. The van der Waals surface area contributed by atoms with E-state index in [0.29, 0.717) is 25.1 Å². The number of hydrazine groups is 1. The molecule has 1 aliphatic rings. The summed E-state index contributed by atoms with van der Waals surface area (Å²) in [6, 6.07) is -0.137. The highest BCUT2D eigenvalue weighted by atomic mass is 16.6. The standard InChI is InChI=1S/C11H25BN4O3/c1-7-5-9(10(17)11(18)19-7)15(2)4-3-8(13)6-16(12)14/h6-7,9-11,17-18H,3-5,12-14H2,1-2H3/b8-6-/t7-,9+,10-,11-/m1/s1. The maximum atomic E-state index is 9.95. The van der Waals surface area contributed by atoms with Crippen molar-refractivity contribution >= 4 is 7.98 Å². The first-order chi connectivity index (χ1) is 8.81. The van der Waals surface area contributed by atoms with E-state index < -0.39 is 12.4 Å². The van der Waals surface area contributed by atoms with Crippen molar-refractivity contribution in [2.24, 2.45) is 11.6 Å². The zero-order chi connectivity index (χ0) is 14.6. The van der Waals surface area contributed by atoms with E-state index in [1.54, 1.807) is 14.2 Å². The Balaban J connectivity index is 2.50. The Labute approximate surface area is 115 Å². The SMILES string of the molecule is BN(N)/C=C(\N)CCN(C)[C@H]1C[C@@H](C)O[C@@H](O)[C@@H]1O. The highest BCUT2D eigenvalue weighted by molar-refractivity contribution is 6.04. The van der Waals surface area contributed by atoms with Crippen molar-refractivity contribution in [1.29, 1.82) is 0 Å². The number of aliphatic hydroxyl groups excluding tert-OH is 2. The molecule has 6 N–H and O–H groups in total. The van der Waals surface area contributed by atoms with E-state index in [1.807, 2.05) is 18.9 Å². The summed E-state index contributed by atoms with van der Waals surface area (Å²) in [7, 11) is 3.61. The molecule has 0 amide bonds. The van der Waals surface area contributed by atoms with Gasteiger partial charge in [0.05, 0.1) is 6.10 Å². The number of ether oxygens (including phenoxy) is 1. The van der Waals surface area contributed by atoms with Crippen LogP contribution in [-0.2, 0) is 4.74 Å². The smallest absolute Gasteiger partial charge is 0.238 e. The lowest BCUT2D eigenvalue weighted by atomic mass is 9.99. The van der Waals surface area contributed by atoms with Gasteiger partial charge in [0, 0.05) is 30.9 Å². The van der Waals surface area contributed by atoms with Crippen molar-refractivity contribution in [3.63, 3.8) is 0 Å². The van der Waals surface area contributed by atoms with Crippen LogP contribution < -0.4 is 11.6 Å². The summed E-state index contributed by atoms with van der Waals surface area (Å²) >= 11 is 0. The van der Waals surface area contributed by atoms with Gasteiger partial charge < -0.3 is 30.5 Å². The Morgan fingerprint density at radius 3 is 2.74 bits per heavy atom. The molecule has 0 radical (unpaired) electrons. The molecule has 0 aromatic heterocycles. The summed E-state index contributed by atoms with van der Waals surface area (Å²) in [5, 5.41) is 19.6. The first-order valence-electron chi connectivity index (χ1n) is 6.46. The second-order valence-corrected chi connectivity index (χ2v) is 5.23. The summed E-state index contributed by atoms with van der Waals surface area (Å²) in [5.41, 5.74) is 6.49. The Hall–Kier alpha value is -0.795. The molecule has 7 nitrogen and oxygen atoms in total. The lowest BCUT2D eigenvalue weighted by Crippen LogP contribution is -2.54. The molecule has 19 heavy (non-hydrogen) atoms. The molecule has 0 bridgehead atoms. The van der Waals surface area contributed by atoms with Gasteiger partial charge in [-0.25, -0.2) is 0 Å². The Bertz CT molecular complexity index is 316. The van der Waals surface area contributed by atoms with E-state index in [0.717, 1.165) is 0 Å². The molecule has 110 valence electrons. The van der Waals surface area contributed by atoms with Gasteiger partial charge in [-0.15, -0.1) is 0 Å². The molecule has 1 saturated heterocycles. The predicted molar refractivity (Wildman–Crippen MR) is 75.1 cm³/mol. The van der Waals surface area contributed by atoms with E-state index in [9.17, 15) is 10.2 Å². The lowest BCUT2D eigenvalue weighted by molar-refractivity contribution is -0.231. The van der Waals surface area contributed by atoms with Crippen LogP contribution in [0, 0.1) is 0 Å². The first-order valence-corrected chi connectivity index (χ1v) is 6.46. The zero-order valence-electron chi connectivity index (χ0n) is 11.9. The molecule has 0 aromatic rings. The number of hydrogen-bond acceptors (Lipinski definition) is 7. The van der Waals surface area contributed by atoms with Gasteiger partial charge >= 0.3 is 0 Å². The highest BCUT2D eigenvalue weighted by Crippen LogP contribution is 2.22. The first kappa shape index (κ1) is 16.3. The van der Waals surface area contributed by atoms with Gasteiger partial charge in [0.25, 0.3) is 0 Å². The van der Waals surface area contributed by atoms with Gasteiger partial charge in [-0.1, -0.05) is 0 Å². The largest absolute Gasteiger partial charge is 0.401 e. The molecular formula is C11H25BN4O3. The molecule has 0 spiro atoms. The van der Waals surface area contributed by atoms with Crippen molar-refractivity contribution in [3.8, 4) is 0 Å². The molecule has 1 heterocycles. The quantitative estimate of drug-likeness (QED) is 0.253. The number of hydrogen-bond donors (Lipinski definition) is 4. The number of nitrogens with zero attached hydrogens (tertiary/aromatic N) is 2. The van der Waals surface area contributed by atoms with Crippen molar-refractivity contribution in [1.82, 2.24) is 9.82 Å². The number of nitrogens with two attached hydrogens (primary N) is 2. The van der Waals surface area contributed by atoms with E-state index in [1.165, 1.54) is 4.92 Å². The minimum absolute atomic E-state index is 0.0751. The molecular weight excluding hydrogens is 247 g/mol. The fourth-order valence-corrected chi connectivity index (χ4v) is 2.28. The van der Waals surface area contributed by atoms with Crippen LogP contribution in [0.15, 0.2) is 11.9 Å². The van der Waals surface area contributed by atoms with Crippen molar-refractivity contribution in [3.05, 3.63) is 11.9 Å². The molecule has 1 aliphatic heterocycles. The molecule has 0 saturated carbocycles. The summed E-state index contributed by atoms with van der Waals surface area (Å²) in [6.07, 6.45) is 0.879. The third kappa shape index (κ3) is 5.00. The zero-order valence-corrected chi connectivity index (χ0v) is 11.9. The third-order valence-electron chi connectivity index (χ3n) is 3.32. The van der Waals surface area contributed by atoms with Gasteiger partial charge in [-0.2, -0.15) is 0 Å². The highest BCUT2D eigenvalue weighted by Gasteiger charge is 2.36. The average molecular weight is 272 g/mol. The van der Waals surface area contributed by atoms with Crippen LogP contribution in [0.1, 0.15) is 19.8 Å². The van der Waals surface area contributed by atoms with E-state index in [-0.39, 0.29) is 12.1 Å². The monoisotopic (exact) mass is 272 g/mol. The van der Waals surface area contributed by atoms with Crippen LogP contribution in [0.2, 0.25) is 0 Å². The number of rotatable bonds is 5. The van der Waals surface area contributed by atoms with Crippen LogP contribution in [0.25, 0.3) is 0 Å². The molecule has 1 fully saturated rings. The maximum absolute atomic E-state index is 9.95. The van der Waals surface area contributed by atoms with Gasteiger partial charge in [-0.3, -0.25) is 5.84 Å². The summed E-state index contributed by atoms with van der Waals surface area (Å²) in [6.45, 7) is 2.56. The topological polar surface area (TPSA) is 108 Å². The fraction of sp³-hybridized carbons (Fsp3) is 0.818. The van der Waals surface area contributed by atoms with Crippen molar-refractivity contribution in [2.75, 3.05) is 13.6 Å². The maximum Gasteiger partial charge on any atom is 0.238 e. The molecule has 4 atom stereocenters. The van der Waals surface area contributed by atoms with E-state index >= 15 is 0 Å². The second-order valence-electron chi connectivity index (χ2n) is 5.23. The Morgan fingerprint density at radius 2 is 2.16 bits per heavy atom. The van der Waals surface area contributed by atoms with Crippen LogP contribution >= 0.6 is 0 Å². The predicted octanol–water partition coefficient (Wildman–Crippen LogP) is -2.31. The summed E-state index contributed by atoms with van der Waals surface area (Å²) in [5.74, 6) is 5.47. The minimum Gasteiger partial charge on any atom is -0.401 e. The van der Waals surface area contributed by atoms with Gasteiger partial charge in [0.2, 0.25) is 7.98 Å². The Kier molecular flexibility index (Phi) is 6.09. The Morgan fingerprint density at radius 1 is 1.53 bits per heavy atom. The molecule has 1 rings (SSSR count). The van der Waals surface area contributed by atoms with Gasteiger partial charge in [-0.05, 0) is 20.4 Å². The van der Waals surface area contributed by atoms with Crippen molar-refractivity contribution < 1.29 is 14.9 Å². The van der Waals surface area contributed by atoms with Crippen LogP contribution in [0.5, 0.6) is 0 Å². The normalized spacial score (nSPS) is 32.6. The fourth-order valence-electron chi connectivity index (χ4n) is 2.28. The van der Waals surface area contributed by atoms with Crippen molar-refractivity contribution in [2.45, 2.75) is 44.3 Å². The second kappa shape index (κ2) is 7.11. The molecule has 0 aliphatic carbocycles. The van der Waals surface area contributed by atoms with E-state index in [2.05, 4.69) is 0 Å². The van der Waals surface area contributed by atoms with Crippen LogP contribution in [0.3, 0.4) is 0 Å². The van der Waals surface area contributed by atoms with Gasteiger partial charge in [0.15, 0.2) is 6.29 Å². The van der Waals surface area contributed by atoms with Crippen LogP contribution in [-0.4, -0.2) is 66.1 Å². The van der Waals surface area contributed by atoms with Gasteiger partial charge in [0.1, 0.15) is 6.10 Å². The third-order valence-corrected chi connectivity index (χ3v) is 3.32. The molecule has 0 unspecified atom stereocenters. The number of aliphatic hydroxyl groups is 2. The average Bonchev–Trinajstić information content (AvgIpc) is 2.29. The summed E-state index contributed by atoms with van der Waals surface area (Å²) < 4.78 is 5.18. The van der Waals surface area contributed by atoms with Crippen LogP contribution in [0.4, 0.5) is 0 Å². The molecule has 8 heteroatoms. The number of likely N-dealkylation sites (N-methyl/N-ethyl adjacent to an activating group) is 1.